The van der Waals surface area contributed by atoms with Gasteiger partial charge in [0, 0.05) is 17.7 Å². The van der Waals surface area contributed by atoms with Crippen LogP contribution in [-0.4, -0.2) is 86.6 Å². The molecule has 5 atom stereocenters. The number of nitrogens with two attached hydrogens (primary N) is 1. The van der Waals surface area contributed by atoms with E-state index in [0.717, 1.165) is 27.1 Å². The second kappa shape index (κ2) is 9.17. The lowest BCUT2D eigenvalue weighted by molar-refractivity contribution is -0.194. The van der Waals surface area contributed by atoms with Crippen molar-refractivity contribution in [2.75, 3.05) is 5.73 Å². The summed E-state index contributed by atoms with van der Waals surface area (Å²) in [7, 11) is 0. The number of fused-ring (bicyclic) bond motifs is 2. The fraction of sp³-hybridized carbons (Fsp3) is 0.360. The molecule has 41 heavy (non-hydrogen) atoms. The molecule has 0 amide bonds. The molecule has 1 aromatic carbocycles. The van der Waals surface area contributed by atoms with Gasteiger partial charge in [0.2, 0.25) is 5.28 Å². The molecular formula is C25H23ClFN7O7. The number of aromatic nitrogens is 6. The van der Waals surface area contributed by atoms with Crippen molar-refractivity contribution >= 4 is 40.5 Å². The first kappa shape index (κ1) is 27.0. The second-order valence-electron chi connectivity index (χ2n) is 10.1. The number of rotatable bonds is 8. The summed E-state index contributed by atoms with van der Waals surface area (Å²) in [6.07, 6.45) is -6.02. The minimum atomic E-state index is -2.84. The monoisotopic (exact) mass is 587 g/mol. The maximum absolute atomic E-state index is 15.7. The van der Waals surface area contributed by atoms with E-state index in [-0.39, 0.29) is 22.3 Å². The number of halogens is 2. The number of nitrogen functional groups attached to an aromatic ring is 1. The van der Waals surface area contributed by atoms with Gasteiger partial charge in [-0.2, -0.15) is 15.1 Å². The van der Waals surface area contributed by atoms with Crippen molar-refractivity contribution in [3.63, 3.8) is 0 Å². The predicted octanol–water partition coefficient (Wildman–Crippen LogP) is 1.58. The van der Waals surface area contributed by atoms with Gasteiger partial charge in [-0.25, -0.2) is 19.0 Å². The van der Waals surface area contributed by atoms with E-state index >= 15 is 4.39 Å². The van der Waals surface area contributed by atoms with E-state index in [2.05, 4.69) is 25.1 Å². The van der Waals surface area contributed by atoms with Crippen molar-refractivity contribution in [3.05, 3.63) is 52.8 Å². The van der Waals surface area contributed by atoms with Crippen LogP contribution in [0, 0.1) is 13.8 Å². The van der Waals surface area contributed by atoms with Crippen LogP contribution in [0.2, 0.25) is 5.28 Å². The number of ether oxygens (including phenoxy) is 2. The number of hydrogen-bond donors (Lipinski definition) is 5. The fourth-order valence-electron chi connectivity index (χ4n) is 5.39. The lowest BCUT2D eigenvalue weighted by Gasteiger charge is -2.29. The first-order chi connectivity index (χ1) is 19.4. The first-order valence-electron chi connectivity index (χ1n) is 12.3. The van der Waals surface area contributed by atoms with Gasteiger partial charge in [-0.1, -0.05) is 24.3 Å². The number of H-pyrrole nitrogens is 1. The molecule has 0 radical (unpaired) electrons. The Morgan fingerprint density at radius 2 is 1.93 bits per heavy atom. The Labute approximate surface area is 234 Å². The van der Waals surface area contributed by atoms with E-state index in [1.165, 1.54) is 6.33 Å². The Hall–Kier alpha value is -4.18. The molecular weight excluding hydrogens is 565 g/mol. The van der Waals surface area contributed by atoms with E-state index < -0.39 is 54.2 Å². The summed E-state index contributed by atoms with van der Waals surface area (Å²) in [6, 6.07) is 6.55. The second-order valence-corrected chi connectivity index (χ2v) is 10.4. The number of aliphatic hydroxyl groups is 1. The summed E-state index contributed by atoms with van der Waals surface area (Å²) in [5, 5.41) is 37.9. The molecule has 2 aliphatic rings. The summed E-state index contributed by atoms with van der Waals surface area (Å²) in [6.45, 7) is 3.68. The van der Waals surface area contributed by atoms with Gasteiger partial charge in [0.05, 0.1) is 12.0 Å². The third-order valence-electron chi connectivity index (χ3n) is 7.59. The highest BCUT2D eigenvalue weighted by Gasteiger charge is 2.80. The van der Waals surface area contributed by atoms with Crippen LogP contribution >= 0.6 is 11.6 Å². The predicted molar refractivity (Wildman–Crippen MR) is 139 cm³/mol. The van der Waals surface area contributed by atoms with Crippen LogP contribution in [0.1, 0.15) is 23.2 Å². The van der Waals surface area contributed by atoms with E-state index in [1.54, 1.807) is 24.3 Å². The van der Waals surface area contributed by atoms with Crippen molar-refractivity contribution < 1.29 is 38.8 Å². The highest BCUT2D eigenvalue weighted by atomic mass is 35.5. The lowest BCUT2D eigenvalue weighted by Crippen LogP contribution is -2.53. The third-order valence-corrected chi connectivity index (χ3v) is 7.76. The number of aryl methyl sites for hydroxylation is 2. The van der Waals surface area contributed by atoms with Crippen molar-refractivity contribution in [1.29, 1.82) is 0 Å². The Morgan fingerprint density at radius 3 is 2.49 bits per heavy atom. The molecule has 6 rings (SSSR count). The van der Waals surface area contributed by atoms with Crippen molar-refractivity contribution in [1.82, 2.24) is 29.7 Å². The minimum Gasteiger partial charge on any atom is -0.479 e. The van der Waals surface area contributed by atoms with Crippen LogP contribution < -0.4 is 5.73 Å². The zero-order valence-electron chi connectivity index (χ0n) is 21.4. The quantitative estimate of drug-likeness (QED) is 0.147. The number of anilines is 1. The molecule has 1 unspecified atom stereocenters. The normalized spacial score (nSPS) is 25.4. The molecule has 0 bridgehead atoms. The molecule has 1 aliphatic heterocycles. The van der Waals surface area contributed by atoms with Gasteiger partial charge in [-0.05, 0) is 36.6 Å². The molecule has 214 valence electrons. The zero-order chi connectivity index (χ0) is 29.4. The van der Waals surface area contributed by atoms with Crippen LogP contribution in [0.4, 0.5) is 10.2 Å². The fourth-order valence-corrected chi connectivity index (χ4v) is 5.56. The van der Waals surface area contributed by atoms with Gasteiger partial charge in [0.15, 0.2) is 29.5 Å². The first-order valence-corrected chi connectivity index (χ1v) is 12.7. The van der Waals surface area contributed by atoms with Gasteiger partial charge in [0.25, 0.3) is 5.60 Å². The molecule has 1 saturated carbocycles. The number of aliphatic carboxylic acids is 2. The summed E-state index contributed by atoms with van der Waals surface area (Å²) in [4.78, 5) is 36.5. The Bertz CT molecular complexity index is 1680. The van der Waals surface area contributed by atoms with Gasteiger partial charge >= 0.3 is 11.9 Å². The number of benzene rings is 1. The van der Waals surface area contributed by atoms with Crippen molar-refractivity contribution in [2.24, 2.45) is 0 Å². The van der Waals surface area contributed by atoms with Crippen LogP contribution in [0.25, 0.3) is 22.3 Å². The average molecular weight is 588 g/mol. The summed E-state index contributed by atoms with van der Waals surface area (Å²) >= 11 is 5.87. The molecule has 4 heterocycles. The highest BCUT2D eigenvalue weighted by Crippen LogP contribution is 2.58. The summed E-state index contributed by atoms with van der Waals surface area (Å²) in [5.74, 6) is -3.69. The summed E-state index contributed by atoms with van der Waals surface area (Å²) in [5.41, 5.74) is 4.37. The number of hydrogen-bond acceptors (Lipinski definition) is 10. The molecule has 6 N–H and O–H groups in total. The van der Waals surface area contributed by atoms with Crippen LogP contribution in [0.15, 0.2) is 30.6 Å². The van der Waals surface area contributed by atoms with Gasteiger partial charge < -0.3 is 30.5 Å². The van der Waals surface area contributed by atoms with E-state index in [1.807, 2.05) is 13.8 Å². The molecule has 2 fully saturated rings. The number of imidazole rings is 1. The molecule has 1 saturated heterocycles. The van der Waals surface area contributed by atoms with Crippen molar-refractivity contribution in [2.45, 2.75) is 56.1 Å². The number of carboxylic acids is 2. The number of carboxylic acid groups (broad SMARTS) is 2. The zero-order valence-corrected chi connectivity index (χ0v) is 22.2. The number of alkyl halides is 1. The van der Waals surface area contributed by atoms with E-state index in [4.69, 9.17) is 26.8 Å². The van der Waals surface area contributed by atoms with Crippen molar-refractivity contribution in [3.8, 4) is 11.1 Å². The number of aromatic amines is 1. The maximum Gasteiger partial charge on any atom is 0.348 e. The van der Waals surface area contributed by atoms with Crippen LogP contribution in [0.5, 0.6) is 0 Å². The number of nitrogens with one attached hydrogen (secondary N) is 1. The minimum absolute atomic E-state index is 0.0481. The largest absolute Gasteiger partial charge is 0.479 e. The SMILES string of the molecule is Cc1n[nH]c(C)c1-c1ccc(CC(OC2[C@H]3O[C@@H](n4cnc5c(N)nc(Cl)nc54)[C@@H](F)[C@@]23O)(C(=O)O)C(=O)O)cc1. The van der Waals surface area contributed by atoms with Crippen LogP contribution in [0.3, 0.4) is 0 Å². The Morgan fingerprint density at radius 1 is 1.24 bits per heavy atom. The van der Waals surface area contributed by atoms with Gasteiger partial charge in [0.1, 0.15) is 17.7 Å². The number of nitrogens with zero attached hydrogens (tertiary/aromatic N) is 5. The molecule has 16 heteroatoms. The standard InChI is InChI=1S/C25H23ClFN7O7/c1-9-13(10(2)33-32-9)12-5-3-11(4-6-12)7-24(21(35)36,22(37)38)41-17-16-25(17,39)15(27)20(40-16)34-8-29-14-18(28)30-23(26)31-19(14)34/h3-6,8,15-17,20,39H,7H2,1-2H3,(H,32,33)(H,35,36)(H,37,38)(H2,28,30,31)/t15-,16-,17?,20-,25+/m1/s1. The molecule has 3 aromatic heterocycles. The third kappa shape index (κ3) is 3.95. The molecule has 0 spiro atoms. The molecule has 4 aromatic rings. The molecule has 1 aliphatic carbocycles. The Kier molecular flexibility index (Phi) is 6.04. The summed E-state index contributed by atoms with van der Waals surface area (Å²) < 4.78 is 28.0. The molecule has 14 nitrogen and oxygen atoms in total. The van der Waals surface area contributed by atoms with Gasteiger partial charge in [-0.15, -0.1) is 0 Å². The van der Waals surface area contributed by atoms with Crippen LogP contribution in [-0.2, 0) is 25.5 Å². The van der Waals surface area contributed by atoms with E-state index in [0.29, 0.717) is 5.56 Å². The highest BCUT2D eigenvalue weighted by molar-refractivity contribution is 6.28. The van der Waals surface area contributed by atoms with Gasteiger partial charge in [-0.3, -0.25) is 9.67 Å². The Balaban J connectivity index is 1.25. The number of carbonyl (C=O) groups is 2. The van der Waals surface area contributed by atoms with E-state index in [9.17, 15) is 24.9 Å². The maximum atomic E-state index is 15.7. The lowest BCUT2D eigenvalue weighted by atomic mass is 9.92. The smallest absolute Gasteiger partial charge is 0.348 e. The average Bonchev–Trinajstić information content (AvgIpc) is 3.24. The topological polar surface area (TPSA) is 212 Å².